The molecule has 2 aliphatic rings. The Morgan fingerprint density at radius 3 is 2.79 bits per heavy atom. The number of aromatic nitrogens is 1. The van der Waals surface area contributed by atoms with Crippen LogP contribution in [0.25, 0.3) is 10.8 Å². The summed E-state index contributed by atoms with van der Waals surface area (Å²) in [5.74, 6) is 0. The number of fused-ring (bicyclic) bond motifs is 2. The SMILES string of the molecule is O=[N+]([O-])c1ccc(N2CC3OCCN(Cc4ccccc4)C3C2)c2ccncc12. The molecule has 0 spiro atoms. The summed E-state index contributed by atoms with van der Waals surface area (Å²) >= 11 is 0. The van der Waals surface area contributed by atoms with Crippen molar-refractivity contribution in [2.75, 3.05) is 31.1 Å². The Hall–Kier alpha value is -3.03. The zero-order valence-corrected chi connectivity index (χ0v) is 16.0. The third-order valence-corrected chi connectivity index (χ3v) is 5.95. The first-order valence-electron chi connectivity index (χ1n) is 9.86. The molecule has 2 aromatic carbocycles. The van der Waals surface area contributed by atoms with E-state index in [9.17, 15) is 10.1 Å². The molecule has 3 aromatic rings. The van der Waals surface area contributed by atoms with Gasteiger partial charge in [0.1, 0.15) is 0 Å². The van der Waals surface area contributed by atoms with Gasteiger partial charge < -0.3 is 9.64 Å². The van der Waals surface area contributed by atoms with Crippen LogP contribution in [0.5, 0.6) is 0 Å². The Balaban J connectivity index is 1.44. The Labute approximate surface area is 168 Å². The first-order valence-corrected chi connectivity index (χ1v) is 9.86. The molecule has 0 saturated carbocycles. The molecule has 0 N–H and O–H groups in total. The number of ether oxygens (including phenoxy) is 1. The Morgan fingerprint density at radius 2 is 1.97 bits per heavy atom. The van der Waals surface area contributed by atoms with Crippen LogP contribution < -0.4 is 4.90 Å². The van der Waals surface area contributed by atoms with Crippen molar-refractivity contribution in [1.82, 2.24) is 9.88 Å². The predicted molar refractivity (Wildman–Crippen MR) is 111 cm³/mol. The van der Waals surface area contributed by atoms with E-state index in [0.717, 1.165) is 43.9 Å². The molecule has 2 fully saturated rings. The topological polar surface area (TPSA) is 71.7 Å². The van der Waals surface area contributed by atoms with Crippen molar-refractivity contribution in [2.45, 2.75) is 18.7 Å². The third kappa shape index (κ3) is 3.32. The number of pyridine rings is 1. The number of hydrogen-bond donors (Lipinski definition) is 0. The van der Waals surface area contributed by atoms with Crippen molar-refractivity contribution >= 4 is 22.1 Å². The van der Waals surface area contributed by atoms with Gasteiger partial charge in [-0.15, -0.1) is 0 Å². The number of anilines is 1. The normalized spacial score (nSPS) is 22.0. The molecule has 2 unspecified atom stereocenters. The highest BCUT2D eigenvalue weighted by Gasteiger charge is 2.40. The number of benzene rings is 2. The summed E-state index contributed by atoms with van der Waals surface area (Å²) in [6.07, 6.45) is 3.41. The summed E-state index contributed by atoms with van der Waals surface area (Å²) < 4.78 is 6.09. The largest absolute Gasteiger partial charge is 0.373 e. The minimum atomic E-state index is -0.345. The average molecular weight is 390 g/mol. The fourth-order valence-corrected chi connectivity index (χ4v) is 4.56. The molecule has 7 nitrogen and oxygen atoms in total. The second-order valence-electron chi connectivity index (χ2n) is 7.62. The average Bonchev–Trinajstić information content (AvgIpc) is 3.19. The van der Waals surface area contributed by atoms with Crippen LogP contribution >= 0.6 is 0 Å². The molecular weight excluding hydrogens is 368 g/mol. The highest BCUT2D eigenvalue weighted by atomic mass is 16.6. The summed E-state index contributed by atoms with van der Waals surface area (Å²) in [5, 5.41) is 12.8. The lowest BCUT2D eigenvalue weighted by Crippen LogP contribution is -2.50. The minimum absolute atomic E-state index is 0.0930. The lowest BCUT2D eigenvalue weighted by molar-refractivity contribution is -0.383. The lowest BCUT2D eigenvalue weighted by Gasteiger charge is -2.36. The second kappa shape index (κ2) is 7.42. The van der Waals surface area contributed by atoms with E-state index in [1.807, 2.05) is 18.2 Å². The predicted octanol–water partition coefficient (Wildman–Crippen LogP) is 3.23. The van der Waals surface area contributed by atoms with Crippen molar-refractivity contribution in [3.8, 4) is 0 Å². The Kier molecular flexibility index (Phi) is 4.61. The van der Waals surface area contributed by atoms with Gasteiger partial charge in [0.2, 0.25) is 0 Å². The van der Waals surface area contributed by atoms with E-state index in [4.69, 9.17) is 4.74 Å². The third-order valence-electron chi connectivity index (χ3n) is 5.95. The molecule has 2 saturated heterocycles. The quantitative estimate of drug-likeness (QED) is 0.503. The van der Waals surface area contributed by atoms with Gasteiger partial charge in [0.25, 0.3) is 5.69 Å². The highest BCUT2D eigenvalue weighted by molar-refractivity contribution is 5.99. The van der Waals surface area contributed by atoms with Crippen molar-refractivity contribution < 1.29 is 9.66 Å². The smallest absolute Gasteiger partial charge is 0.278 e. The molecule has 2 aliphatic heterocycles. The molecule has 7 heteroatoms. The van der Waals surface area contributed by atoms with Crippen molar-refractivity contribution in [3.63, 3.8) is 0 Å². The van der Waals surface area contributed by atoms with Gasteiger partial charge >= 0.3 is 0 Å². The van der Waals surface area contributed by atoms with Gasteiger partial charge in [0.05, 0.1) is 29.1 Å². The second-order valence-corrected chi connectivity index (χ2v) is 7.62. The maximum Gasteiger partial charge on any atom is 0.278 e. The molecule has 2 atom stereocenters. The highest BCUT2D eigenvalue weighted by Crippen LogP contribution is 2.36. The number of hydrogen-bond acceptors (Lipinski definition) is 6. The number of rotatable bonds is 4. The van der Waals surface area contributed by atoms with Crippen LogP contribution in [0.1, 0.15) is 5.56 Å². The zero-order chi connectivity index (χ0) is 19.8. The maximum atomic E-state index is 11.4. The molecule has 148 valence electrons. The molecule has 3 heterocycles. The van der Waals surface area contributed by atoms with Crippen LogP contribution in [-0.2, 0) is 11.3 Å². The molecule has 5 rings (SSSR count). The van der Waals surface area contributed by atoms with Gasteiger partial charge in [-0.25, -0.2) is 0 Å². The van der Waals surface area contributed by atoms with Crippen molar-refractivity contribution in [2.24, 2.45) is 0 Å². The van der Waals surface area contributed by atoms with Gasteiger partial charge in [-0.1, -0.05) is 30.3 Å². The molecular formula is C22H22N4O3. The van der Waals surface area contributed by atoms with E-state index in [1.54, 1.807) is 18.5 Å². The number of nitro groups is 1. The van der Waals surface area contributed by atoms with Crippen LogP contribution in [0.4, 0.5) is 11.4 Å². The number of non-ortho nitro benzene ring substituents is 1. The van der Waals surface area contributed by atoms with Crippen LogP contribution in [0, 0.1) is 10.1 Å². The van der Waals surface area contributed by atoms with E-state index < -0.39 is 0 Å². The van der Waals surface area contributed by atoms with E-state index in [2.05, 4.69) is 39.0 Å². The van der Waals surface area contributed by atoms with Crippen molar-refractivity contribution in [3.05, 3.63) is 76.6 Å². The van der Waals surface area contributed by atoms with E-state index in [0.29, 0.717) is 11.4 Å². The molecule has 0 bridgehead atoms. The van der Waals surface area contributed by atoms with Crippen LogP contribution in [0.2, 0.25) is 0 Å². The van der Waals surface area contributed by atoms with Crippen LogP contribution in [0.3, 0.4) is 0 Å². The lowest BCUT2D eigenvalue weighted by atomic mass is 10.1. The molecule has 0 aliphatic carbocycles. The molecule has 29 heavy (non-hydrogen) atoms. The Bertz CT molecular complexity index is 1040. The monoisotopic (exact) mass is 390 g/mol. The summed E-state index contributed by atoms with van der Waals surface area (Å²) in [4.78, 5) is 20.0. The Morgan fingerprint density at radius 1 is 1.10 bits per heavy atom. The van der Waals surface area contributed by atoms with E-state index >= 15 is 0 Å². The summed E-state index contributed by atoms with van der Waals surface area (Å²) in [7, 11) is 0. The number of nitrogens with zero attached hydrogens (tertiary/aromatic N) is 4. The van der Waals surface area contributed by atoms with E-state index in [1.165, 1.54) is 5.56 Å². The summed E-state index contributed by atoms with van der Waals surface area (Å²) in [6, 6.07) is 16.1. The fourth-order valence-electron chi connectivity index (χ4n) is 4.56. The van der Waals surface area contributed by atoms with Gasteiger partial charge in [-0.05, 0) is 17.7 Å². The van der Waals surface area contributed by atoms with Crippen molar-refractivity contribution in [1.29, 1.82) is 0 Å². The van der Waals surface area contributed by atoms with E-state index in [-0.39, 0.29) is 16.7 Å². The molecule has 0 amide bonds. The first kappa shape index (κ1) is 18.0. The van der Waals surface area contributed by atoms with Gasteiger partial charge in [-0.2, -0.15) is 0 Å². The first-order chi connectivity index (χ1) is 14.2. The summed E-state index contributed by atoms with van der Waals surface area (Å²) in [5.41, 5.74) is 2.40. The van der Waals surface area contributed by atoms with Gasteiger partial charge in [0, 0.05) is 55.7 Å². The maximum absolute atomic E-state index is 11.4. The standard InChI is InChI=1S/C22H22N4O3/c27-26(28)20-7-6-19(17-8-9-23-12-18(17)20)25-14-21-22(15-25)29-11-10-24(21)13-16-4-2-1-3-5-16/h1-9,12,21-22H,10-11,13-15H2. The number of nitro benzene ring substituents is 1. The van der Waals surface area contributed by atoms with Crippen LogP contribution in [-0.4, -0.2) is 53.2 Å². The minimum Gasteiger partial charge on any atom is -0.373 e. The van der Waals surface area contributed by atoms with Gasteiger partial charge in [0.15, 0.2) is 0 Å². The fraction of sp³-hybridized carbons (Fsp3) is 0.318. The van der Waals surface area contributed by atoms with Gasteiger partial charge in [-0.3, -0.25) is 20.0 Å². The molecule has 1 aromatic heterocycles. The molecule has 0 radical (unpaired) electrons. The van der Waals surface area contributed by atoms with Crippen LogP contribution in [0.15, 0.2) is 60.9 Å². The zero-order valence-electron chi connectivity index (χ0n) is 16.0. The summed E-state index contributed by atoms with van der Waals surface area (Å²) in [6.45, 7) is 4.17. The number of morpholine rings is 1.